The van der Waals surface area contributed by atoms with Crippen LogP contribution in [0.2, 0.25) is 0 Å². The molecule has 2 heteroatoms. The first-order valence-corrected chi connectivity index (χ1v) is 7.20. The van der Waals surface area contributed by atoms with E-state index in [2.05, 4.69) is 13.8 Å². The number of hydrogen-bond acceptors (Lipinski definition) is 2. The van der Waals surface area contributed by atoms with Crippen molar-refractivity contribution >= 4 is 0 Å². The lowest BCUT2D eigenvalue weighted by atomic mass is 9.64. The monoisotopic (exact) mass is 238 g/mol. The molecule has 0 heterocycles. The van der Waals surface area contributed by atoms with Gasteiger partial charge < -0.3 is 10.2 Å². The minimum absolute atomic E-state index is 0.0508. The zero-order valence-electron chi connectivity index (χ0n) is 11.4. The summed E-state index contributed by atoms with van der Waals surface area (Å²) in [5, 5.41) is 20.6. The van der Waals surface area contributed by atoms with E-state index in [9.17, 15) is 10.2 Å². The second kappa shape index (κ2) is 3.27. The third-order valence-corrected chi connectivity index (χ3v) is 6.93. The van der Waals surface area contributed by atoms with Gasteiger partial charge in [0.2, 0.25) is 0 Å². The lowest BCUT2D eigenvalue weighted by molar-refractivity contribution is -0.0858. The summed E-state index contributed by atoms with van der Waals surface area (Å²) in [5.41, 5.74) is -0.179. The largest absolute Gasteiger partial charge is 0.396 e. The fraction of sp³-hybridized carbons (Fsp3) is 1.00. The molecule has 3 aliphatic rings. The summed E-state index contributed by atoms with van der Waals surface area (Å²) in [6, 6.07) is 0. The lowest BCUT2D eigenvalue weighted by Gasteiger charge is -2.44. The molecule has 1 spiro atoms. The van der Waals surface area contributed by atoms with Gasteiger partial charge >= 0.3 is 0 Å². The molecule has 0 unspecified atom stereocenters. The molecule has 6 atom stereocenters. The molecular weight excluding hydrogens is 212 g/mol. The summed E-state index contributed by atoms with van der Waals surface area (Å²) in [5.74, 6) is 1.70. The number of aliphatic hydroxyl groups excluding tert-OH is 1. The molecule has 3 aliphatic carbocycles. The van der Waals surface area contributed by atoms with Crippen molar-refractivity contribution < 1.29 is 10.2 Å². The Balaban J connectivity index is 2.08. The molecule has 3 rings (SSSR count). The van der Waals surface area contributed by atoms with Crippen LogP contribution in [-0.4, -0.2) is 22.4 Å². The minimum atomic E-state index is -0.563. The molecule has 0 aromatic carbocycles. The lowest BCUT2D eigenvalue weighted by Crippen LogP contribution is -2.46. The number of hydrogen-bond donors (Lipinski definition) is 2. The Bertz CT molecular complexity index is 334. The van der Waals surface area contributed by atoms with Crippen LogP contribution in [0, 0.1) is 28.6 Å². The van der Waals surface area contributed by atoms with Crippen molar-refractivity contribution in [3.05, 3.63) is 0 Å². The van der Waals surface area contributed by atoms with Gasteiger partial charge in [0, 0.05) is 6.61 Å². The van der Waals surface area contributed by atoms with Crippen molar-refractivity contribution in [2.75, 3.05) is 6.61 Å². The van der Waals surface area contributed by atoms with Crippen LogP contribution in [0.15, 0.2) is 0 Å². The maximum atomic E-state index is 10.7. The Hall–Kier alpha value is -0.0800. The van der Waals surface area contributed by atoms with Crippen molar-refractivity contribution in [3.63, 3.8) is 0 Å². The summed E-state index contributed by atoms with van der Waals surface area (Å²) in [6.45, 7) is 6.85. The normalized spacial score (nSPS) is 61.6. The fourth-order valence-corrected chi connectivity index (χ4v) is 5.85. The average Bonchev–Trinajstić information content (AvgIpc) is 2.71. The summed E-state index contributed by atoms with van der Waals surface area (Å²) >= 11 is 0. The first-order chi connectivity index (χ1) is 7.87. The Morgan fingerprint density at radius 3 is 2.47 bits per heavy atom. The van der Waals surface area contributed by atoms with E-state index in [0.29, 0.717) is 17.3 Å². The maximum absolute atomic E-state index is 10.7. The minimum Gasteiger partial charge on any atom is -0.396 e. The smallest absolute Gasteiger partial charge is 0.0654 e. The Morgan fingerprint density at radius 1 is 1.12 bits per heavy atom. The zero-order valence-corrected chi connectivity index (χ0v) is 11.4. The van der Waals surface area contributed by atoms with E-state index in [1.54, 1.807) is 0 Å². The van der Waals surface area contributed by atoms with Gasteiger partial charge in [0.05, 0.1) is 5.60 Å². The van der Waals surface area contributed by atoms with Crippen LogP contribution < -0.4 is 0 Å². The Labute approximate surface area is 104 Å². The molecular formula is C15H26O2. The highest BCUT2D eigenvalue weighted by atomic mass is 16.3. The molecule has 98 valence electrons. The van der Waals surface area contributed by atoms with Crippen LogP contribution in [0.3, 0.4) is 0 Å². The predicted octanol–water partition coefficient (Wildman–Crippen LogP) is 2.58. The molecule has 3 fully saturated rings. The molecule has 0 aromatic rings. The van der Waals surface area contributed by atoms with Gasteiger partial charge in [0.25, 0.3) is 0 Å². The quantitative estimate of drug-likeness (QED) is 0.737. The van der Waals surface area contributed by atoms with Crippen molar-refractivity contribution in [3.8, 4) is 0 Å². The van der Waals surface area contributed by atoms with Crippen LogP contribution >= 0.6 is 0 Å². The topological polar surface area (TPSA) is 40.5 Å². The molecule has 0 amide bonds. The van der Waals surface area contributed by atoms with Gasteiger partial charge in [-0.15, -0.1) is 0 Å². The summed E-state index contributed by atoms with van der Waals surface area (Å²) < 4.78 is 0. The van der Waals surface area contributed by atoms with E-state index >= 15 is 0 Å². The zero-order chi connectivity index (χ0) is 12.5. The van der Waals surface area contributed by atoms with Gasteiger partial charge in [-0.05, 0) is 67.6 Å². The summed E-state index contributed by atoms with van der Waals surface area (Å²) in [4.78, 5) is 0. The fourth-order valence-electron chi connectivity index (χ4n) is 5.85. The van der Waals surface area contributed by atoms with E-state index in [-0.39, 0.29) is 12.0 Å². The van der Waals surface area contributed by atoms with Crippen molar-refractivity contribution in [2.45, 2.75) is 58.5 Å². The van der Waals surface area contributed by atoms with E-state index in [1.807, 2.05) is 6.92 Å². The molecule has 2 nitrogen and oxygen atoms in total. The third-order valence-electron chi connectivity index (χ3n) is 6.93. The highest BCUT2D eigenvalue weighted by Crippen LogP contribution is 2.73. The van der Waals surface area contributed by atoms with Gasteiger partial charge in [-0.1, -0.05) is 13.8 Å². The van der Waals surface area contributed by atoms with Crippen LogP contribution in [0.1, 0.15) is 52.9 Å². The van der Waals surface area contributed by atoms with Gasteiger partial charge in [-0.25, -0.2) is 0 Å². The average molecular weight is 238 g/mol. The first kappa shape index (κ1) is 12.0. The third kappa shape index (κ3) is 1.24. The van der Waals surface area contributed by atoms with Crippen LogP contribution in [0.5, 0.6) is 0 Å². The summed E-state index contributed by atoms with van der Waals surface area (Å²) in [7, 11) is 0. The molecule has 0 aliphatic heterocycles. The van der Waals surface area contributed by atoms with E-state index in [4.69, 9.17) is 0 Å². The predicted molar refractivity (Wildman–Crippen MR) is 67.5 cm³/mol. The van der Waals surface area contributed by atoms with E-state index in [0.717, 1.165) is 25.2 Å². The van der Waals surface area contributed by atoms with Crippen LogP contribution in [0.25, 0.3) is 0 Å². The molecule has 3 saturated carbocycles. The SMILES string of the molecule is C[C@@H]1CC[C@@H]2[C@@](C)(CO)[C@@H]3C[C@@]12CC[C@@]3(C)O. The van der Waals surface area contributed by atoms with E-state index in [1.165, 1.54) is 12.8 Å². The number of aliphatic hydroxyl groups is 2. The maximum Gasteiger partial charge on any atom is 0.0654 e. The van der Waals surface area contributed by atoms with Gasteiger partial charge in [-0.2, -0.15) is 0 Å². The van der Waals surface area contributed by atoms with Crippen molar-refractivity contribution in [2.24, 2.45) is 28.6 Å². The molecule has 17 heavy (non-hydrogen) atoms. The standard InChI is InChI=1S/C15H26O2/c1-10-4-5-11-13(2,9-16)12-8-15(10,11)7-6-14(12,3)17/h10-12,16-17H,4-9H2,1-3H3/t10-,11-,12+,13-,14-,15+/m1/s1. The molecule has 2 bridgehead atoms. The second-order valence-corrected chi connectivity index (χ2v) is 7.54. The molecule has 0 aromatic heterocycles. The van der Waals surface area contributed by atoms with Gasteiger partial charge in [0.15, 0.2) is 0 Å². The highest BCUT2D eigenvalue weighted by molar-refractivity contribution is 5.17. The van der Waals surface area contributed by atoms with Gasteiger partial charge in [0.1, 0.15) is 0 Å². The summed E-state index contributed by atoms with van der Waals surface area (Å²) in [6.07, 6.45) is 5.80. The van der Waals surface area contributed by atoms with Gasteiger partial charge in [-0.3, -0.25) is 0 Å². The Kier molecular flexibility index (Phi) is 2.30. The Morgan fingerprint density at radius 2 is 1.82 bits per heavy atom. The van der Waals surface area contributed by atoms with Crippen LogP contribution in [0.4, 0.5) is 0 Å². The highest BCUT2D eigenvalue weighted by Gasteiger charge is 2.68. The molecule has 2 N–H and O–H groups in total. The number of fused-ring (bicyclic) bond motifs is 1. The number of rotatable bonds is 1. The van der Waals surface area contributed by atoms with Crippen molar-refractivity contribution in [1.82, 2.24) is 0 Å². The van der Waals surface area contributed by atoms with Crippen LogP contribution in [-0.2, 0) is 0 Å². The second-order valence-electron chi connectivity index (χ2n) is 7.54. The molecule has 0 saturated heterocycles. The van der Waals surface area contributed by atoms with Crippen molar-refractivity contribution in [1.29, 1.82) is 0 Å². The first-order valence-electron chi connectivity index (χ1n) is 7.20. The van der Waals surface area contributed by atoms with E-state index < -0.39 is 5.60 Å². The molecule has 0 radical (unpaired) electrons.